The van der Waals surface area contributed by atoms with Crippen molar-refractivity contribution >= 4 is 23.3 Å². The van der Waals surface area contributed by atoms with Gasteiger partial charge in [-0.15, -0.1) is 0 Å². The molecule has 4 aromatic rings. The van der Waals surface area contributed by atoms with Crippen LogP contribution in [0.25, 0.3) is 11.3 Å². The monoisotopic (exact) mass is 662 g/mol. The molecule has 0 aliphatic carbocycles. The lowest BCUT2D eigenvalue weighted by Crippen LogP contribution is -2.48. The Kier molecular flexibility index (Phi) is 9.81. The maximum atomic E-state index is 13.3. The van der Waals surface area contributed by atoms with Crippen LogP contribution in [0.2, 0.25) is 0 Å². The van der Waals surface area contributed by atoms with E-state index in [0.717, 1.165) is 88.5 Å². The molecule has 4 heterocycles. The number of carbonyl (C=O) groups is 2. The van der Waals surface area contributed by atoms with E-state index in [1.807, 2.05) is 64.2 Å². The number of piperazine rings is 1. The fourth-order valence-corrected chi connectivity index (χ4v) is 7.50. The van der Waals surface area contributed by atoms with Gasteiger partial charge >= 0.3 is 0 Å². The number of nitrogens with zero attached hydrogens (tertiary/aromatic N) is 5. The van der Waals surface area contributed by atoms with E-state index in [0.29, 0.717) is 41.7 Å². The van der Waals surface area contributed by atoms with Gasteiger partial charge in [-0.3, -0.25) is 14.5 Å². The van der Waals surface area contributed by atoms with Crippen LogP contribution in [0.15, 0.2) is 78.9 Å². The maximum absolute atomic E-state index is 13.3. The molecular formula is C38H46N8O3. The zero-order valence-corrected chi connectivity index (χ0v) is 28.0. The molecule has 3 aliphatic heterocycles. The van der Waals surface area contributed by atoms with Crippen LogP contribution in [-0.2, 0) is 11.3 Å². The molecule has 0 saturated carbocycles. The number of rotatable bonds is 10. The number of ether oxygens (including phenoxy) is 1. The summed E-state index contributed by atoms with van der Waals surface area (Å²) in [7, 11) is 0. The van der Waals surface area contributed by atoms with Gasteiger partial charge in [0, 0.05) is 76.6 Å². The number of fused-ring (bicyclic) bond motifs is 1. The second-order valence-electron chi connectivity index (χ2n) is 13.3. The van der Waals surface area contributed by atoms with Crippen LogP contribution in [0.4, 0.5) is 11.5 Å². The summed E-state index contributed by atoms with van der Waals surface area (Å²) in [6, 6.07) is 25.8. The van der Waals surface area contributed by atoms with Gasteiger partial charge in [0.25, 0.3) is 5.91 Å². The number of amides is 2. The van der Waals surface area contributed by atoms with E-state index in [1.54, 1.807) is 0 Å². The number of hydrogen-bond acceptors (Lipinski definition) is 8. The van der Waals surface area contributed by atoms with Crippen molar-refractivity contribution in [2.75, 3.05) is 62.6 Å². The number of nitrogens with one attached hydrogen (secondary N) is 1. The maximum Gasteiger partial charge on any atom is 0.254 e. The average Bonchev–Trinajstić information content (AvgIpc) is 3.55. The molecule has 3 aromatic carbocycles. The number of para-hydroxylation sites is 1. The van der Waals surface area contributed by atoms with Gasteiger partial charge < -0.3 is 31.3 Å². The summed E-state index contributed by atoms with van der Waals surface area (Å²) in [5.74, 6) is 2.23. The fourth-order valence-electron chi connectivity index (χ4n) is 7.50. The van der Waals surface area contributed by atoms with Gasteiger partial charge in [-0.1, -0.05) is 30.3 Å². The number of aromatic nitrogens is 2. The standard InChI is InChI=1S/C38H46N8O3/c39-26-27-6-10-30(11-7-27)44-24-22-43(23-25-44)19-17-34(47)45-20-15-28(16-21-45)33-14-18-41-38-35(37(40)48)36(42-46(33)38)29-8-12-32(13-9-29)49-31-4-2-1-3-5-31/h1-13,28,33,41H,14-26,39H2,(H2,40,48)/t33-/m0/s1. The Labute approximate surface area is 287 Å². The Balaban J connectivity index is 0.937. The second kappa shape index (κ2) is 14.7. The number of nitrogens with two attached hydrogens (primary N) is 2. The molecule has 1 atom stereocenters. The van der Waals surface area contributed by atoms with Crippen LogP contribution in [0, 0.1) is 5.92 Å². The van der Waals surface area contributed by atoms with E-state index in [2.05, 4.69) is 39.4 Å². The van der Waals surface area contributed by atoms with E-state index in [1.165, 1.54) is 5.69 Å². The van der Waals surface area contributed by atoms with Crippen molar-refractivity contribution < 1.29 is 14.3 Å². The normalized spacial score (nSPS) is 18.5. The number of hydrogen-bond donors (Lipinski definition) is 3. The number of primary amides is 1. The number of piperidine rings is 1. The highest BCUT2D eigenvalue weighted by Crippen LogP contribution is 2.40. The summed E-state index contributed by atoms with van der Waals surface area (Å²) in [4.78, 5) is 32.9. The third-order valence-electron chi connectivity index (χ3n) is 10.3. The smallest absolute Gasteiger partial charge is 0.254 e. The highest BCUT2D eigenvalue weighted by atomic mass is 16.5. The lowest BCUT2D eigenvalue weighted by Gasteiger charge is -2.39. The molecule has 0 bridgehead atoms. The summed E-state index contributed by atoms with van der Waals surface area (Å²) in [5, 5.41) is 8.40. The molecule has 5 N–H and O–H groups in total. The van der Waals surface area contributed by atoms with Gasteiger partial charge in [-0.2, -0.15) is 5.10 Å². The predicted octanol–water partition coefficient (Wildman–Crippen LogP) is 4.71. The third-order valence-corrected chi connectivity index (χ3v) is 10.3. The molecule has 11 nitrogen and oxygen atoms in total. The van der Waals surface area contributed by atoms with Gasteiger partial charge in [0.1, 0.15) is 28.6 Å². The summed E-state index contributed by atoms with van der Waals surface area (Å²) in [5.41, 5.74) is 15.9. The van der Waals surface area contributed by atoms with Gasteiger partial charge in [0.05, 0.1) is 6.04 Å². The Morgan fingerprint density at radius 3 is 2.20 bits per heavy atom. The molecule has 0 unspecified atom stereocenters. The molecule has 11 heteroatoms. The predicted molar refractivity (Wildman–Crippen MR) is 192 cm³/mol. The van der Waals surface area contributed by atoms with Crippen molar-refractivity contribution in [2.45, 2.75) is 38.3 Å². The first-order chi connectivity index (χ1) is 24.0. The molecule has 7 rings (SSSR count). The average molecular weight is 663 g/mol. The Morgan fingerprint density at radius 2 is 1.53 bits per heavy atom. The first-order valence-electron chi connectivity index (χ1n) is 17.5. The summed E-state index contributed by atoms with van der Waals surface area (Å²) < 4.78 is 7.94. The molecule has 49 heavy (non-hydrogen) atoms. The van der Waals surface area contributed by atoms with Gasteiger partial charge in [0.2, 0.25) is 5.91 Å². The zero-order chi connectivity index (χ0) is 33.7. The van der Waals surface area contributed by atoms with E-state index in [9.17, 15) is 9.59 Å². The van der Waals surface area contributed by atoms with Crippen molar-refractivity contribution in [3.63, 3.8) is 0 Å². The van der Waals surface area contributed by atoms with Crippen LogP contribution in [0.5, 0.6) is 11.5 Å². The minimum Gasteiger partial charge on any atom is -0.457 e. The molecule has 0 radical (unpaired) electrons. The van der Waals surface area contributed by atoms with E-state index < -0.39 is 5.91 Å². The van der Waals surface area contributed by atoms with Crippen LogP contribution >= 0.6 is 0 Å². The molecule has 2 fully saturated rings. The summed E-state index contributed by atoms with van der Waals surface area (Å²) in [6.45, 7) is 7.41. The number of anilines is 2. The number of benzene rings is 3. The molecule has 1 aromatic heterocycles. The molecule has 2 amide bonds. The van der Waals surface area contributed by atoms with E-state index >= 15 is 0 Å². The van der Waals surface area contributed by atoms with Crippen molar-refractivity contribution in [1.82, 2.24) is 19.6 Å². The van der Waals surface area contributed by atoms with Gasteiger partial charge in [0.15, 0.2) is 0 Å². The highest BCUT2D eigenvalue weighted by molar-refractivity contribution is 6.03. The quantitative estimate of drug-likeness (QED) is 0.222. The zero-order valence-electron chi connectivity index (χ0n) is 28.0. The van der Waals surface area contributed by atoms with Gasteiger partial charge in [-0.25, -0.2) is 4.68 Å². The van der Waals surface area contributed by atoms with Crippen LogP contribution in [0.1, 0.15) is 47.6 Å². The number of likely N-dealkylation sites (tertiary alicyclic amines) is 1. The second-order valence-corrected chi connectivity index (χ2v) is 13.3. The van der Waals surface area contributed by atoms with Crippen molar-refractivity contribution in [3.8, 4) is 22.8 Å². The summed E-state index contributed by atoms with van der Waals surface area (Å²) >= 11 is 0. The molecule has 3 aliphatic rings. The van der Waals surface area contributed by atoms with Crippen molar-refractivity contribution in [2.24, 2.45) is 17.4 Å². The summed E-state index contributed by atoms with van der Waals surface area (Å²) in [6.07, 6.45) is 3.26. The third kappa shape index (κ3) is 7.28. The molecular weight excluding hydrogens is 616 g/mol. The Hall–Kier alpha value is -4.87. The molecule has 2 saturated heterocycles. The van der Waals surface area contributed by atoms with Gasteiger partial charge in [-0.05, 0) is 79.3 Å². The lowest BCUT2D eigenvalue weighted by atomic mass is 9.86. The Bertz CT molecular complexity index is 1730. The van der Waals surface area contributed by atoms with Crippen molar-refractivity contribution in [1.29, 1.82) is 0 Å². The van der Waals surface area contributed by atoms with Crippen LogP contribution in [-0.4, -0.2) is 83.8 Å². The van der Waals surface area contributed by atoms with Crippen molar-refractivity contribution in [3.05, 3.63) is 90.0 Å². The lowest BCUT2D eigenvalue weighted by molar-refractivity contribution is -0.133. The minimum absolute atomic E-state index is 0.129. The van der Waals surface area contributed by atoms with E-state index in [4.69, 9.17) is 21.3 Å². The molecule has 0 spiro atoms. The van der Waals surface area contributed by atoms with E-state index in [-0.39, 0.29) is 11.9 Å². The SMILES string of the molecule is NCc1ccc(N2CCN(CCC(=O)N3CCC([C@@H]4CCNc5c(C(N)=O)c(-c6ccc(Oc7ccccc7)cc6)nn54)CC3)CC2)cc1. The fraction of sp³-hybridized carbons (Fsp3) is 0.395. The number of carbonyl (C=O) groups excluding carboxylic acids is 2. The largest absolute Gasteiger partial charge is 0.457 e. The first kappa shape index (κ1) is 32.7. The van der Waals surface area contributed by atoms with Crippen LogP contribution < -0.4 is 26.4 Å². The minimum atomic E-state index is -0.503. The highest BCUT2D eigenvalue weighted by Gasteiger charge is 2.36. The molecule has 256 valence electrons. The first-order valence-corrected chi connectivity index (χ1v) is 17.5. The Morgan fingerprint density at radius 1 is 0.837 bits per heavy atom. The topological polar surface area (TPSA) is 135 Å². The van der Waals surface area contributed by atoms with Crippen LogP contribution in [0.3, 0.4) is 0 Å².